The summed E-state index contributed by atoms with van der Waals surface area (Å²) in [6.45, 7) is 0. The Bertz CT molecular complexity index is 570. The SMILES string of the molecule is CN1C2CCC1CC(C(=O)CCc1cccc(C(F)(F)F)c1)C2. The molecule has 23 heavy (non-hydrogen) atoms. The summed E-state index contributed by atoms with van der Waals surface area (Å²) in [5, 5.41) is 0. The van der Waals surface area contributed by atoms with E-state index in [1.165, 1.54) is 18.9 Å². The van der Waals surface area contributed by atoms with Gasteiger partial charge in [0.05, 0.1) is 5.56 Å². The van der Waals surface area contributed by atoms with Crippen LogP contribution in [0.2, 0.25) is 0 Å². The van der Waals surface area contributed by atoms with Crippen molar-refractivity contribution in [1.29, 1.82) is 0 Å². The maximum Gasteiger partial charge on any atom is 0.416 e. The monoisotopic (exact) mass is 325 g/mol. The molecule has 2 unspecified atom stereocenters. The number of Topliss-reactive ketones (excluding diaryl/α,β-unsaturated/α-hetero) is 1. The maximum atomic E-state index is 12.7. The van der Waals surface area contributed by atoms with Crippen LogP contribution in [0.3, 0.4) is 0 Å². The summed E-state index contributed by atoms with van der Waals surface area (Å²) in [5.41, 5.74) is -0.0520. The van der Waals surface area contributed by atoms with Gasteiger partial charge in [-0.3, -0.25) is 4.79 Å². The first-order valence-electron chi connectivity index (χ1n) is 8.25. The van der Waals surface area contributed by atoms with Crippen LogP contribution in [0.1, 0.15) is 43.2 Å². The molecule has 2 heterocycles. The van der Waals surface area contributed by atoms with E-state index in [0.29, 0.717) is 30.5 Å². The van der Waals surface area contributed by atoms with Crippen LogP contribution in [0.15, 0.2) is 24.3 Å². The highest BCUT2D eigenvalue weighted by atomic mass is 19.4. The normalized spacial score (nSPS) is 28.1. The Morgan fingerprint density at radius 2 is 1.87 bits per heavy atom. The number of rotatable bonds is 4. The molecule has 2 atom stereocenters. The van der Waals surface area contributed by atoms with Crippen LogP contribution in [0.5, 0.6) is 0 Å². The third-order valence-electron chi connectivity index (χ3n) is 5.47. The van der Waals surface area contributed by atoms with Gasteiger partial charge in [0.2, 0.25) is 0 Å². The van der Waals surface area contributed by atoms with Crippen molar-refractivity contribution in [3.05, 3.63) is 35.4 Å². The second kappa shape index (κ2) is 6.27. The summed E-state index contributed by atoms with van der Waals surface area (Å²) < 4.78 is 38.1. The molecule has 2 saturated heterocycles. The van der Waals surface area contributed by atoms with Gasteiger partial charge in [0.15, 0.2) is 0 Å². The highest BCUT2D eigenvalue weighted by molar-refractivity contribution is 5.81. The van der Waals surface area contributed by atoms with Crippen LogP contribution in [-0.2, 0) is 17.4 Å². The smallest absolute Gasteiger partial charge is 0.300 e. The molecule has 0 N–H and O–H groups in total. The number of halogens is 3. The van der Waals surface area contributed by atoms with Crippen LogP contribution in [0, 0.1) is 5.92 Å². The van der Waals surface area contributed by atoms with E-state index in [-0.39, 0.29) is 11.7 Å². The van der Waals surface area contributed by atoms with Crippen molar-refractivity contribution in [3.8, 4) is 0 Å². The molecule has 2 nitrogen and oxygen atoms in total. The van der Waals surface area contributed by atoms with Gasteiger partial charge in [-0.05, 0) is 50.8 Å². The number of carbonyl (C=O) groups is 1. The van der Waals surface area contributed by atoms with E-state index in [2.05, 4.69) is 11.9 Å². The average Bonchev–Trinajstić information content (AvgIpc) is 2.74. The van der Waals surface area contributed by atoms with E-state index in [1.54, 1.807) is 6.07 Å². The van der Waals surface area contributed by atoms with Gasteiger partial charge in [0, 0.05) is 24.4 Å². The molecule has 0 saturated carbocycles. The van der Waals surface area contributed by atoms with E-state index in [1.807, 2.05) is 0 Å². The third-order valence-corrected chi connectivity index (χ3v) is 5.47. The zero-order valence-corrected chi connectivity index (χ0v) is 13.3. The Balaban J connectivity index is 1.58. The number of nitrogens with zero attached hydrogens (tertiary/aromatic N) is 1. The van der Waals surface area contributed by atoms with Crippen LogP contribution in [0.4, 0.5) is 13.2 Å². The summed E-state index contributed by atoms with van der Waals surface area (Å²) >= 11 is 0. The molecular weight excluding hydrogens is 303 g/mol. The Hall–Kier alpha value is -1.36. The first kappa shape index (κ1) is 16.5. The molecule has 0 aromatic heterocycles. The molecule has 2 aliphatic heterocycles. The van der Waals surface area contributed by atoms with E-state index < -0.39 is 11.7 Å². The van der Waals surface area contributed by atoms with Gasteiger partial charge in [-0.15, -0.1) is 0 Å². The van der Waals surface area contributed by atoms with Crippen LogP contribution >= 0.6 is 0 Å². The number of carbonyl (C=O) groups excluding carboxylic acids is 1. The highest BCUT2D eigenvalue weighted by Gasteiger charge is 2.40. The molecule has 2 bridgehead atoms. The van der Waals surface area contributed by atoms with Crippen molar-refractivity contribution in [1.82, 2.24) is 4.90 Å². The Morgan fingerprint density at radius 1 is 1.22 bits per heavy atom. The first-order chi connectivity index (χ1) is 10.8. The molecule has 5 heteroatoms. The second-order valence-electron chi connectivity index (χ2n) is 6.88. The predicted molar refractivity (Wildman–Crippen MR) is 82.1 cm³/mol. The van der Waals surface area contributed by atoms with Gasteiger partial charge < -0.3 is 4.90 Å². The van der Waals surface area contributed by atoms with Crippen molar-refractivity contribution in [3.63, 3.8) is 0 Å². The Morgan fingerprint density at radius 3 is 2.48 bits per heavy atom. The fourth-order valence-electron chi connectivity index (χ4n) is 4.05. The van der Waals surface area contributed by atoms with Gasteiger partial charge >= 0.3 is 6.18 Å². The van der Waals surface area contributed by atoms with Gasteiger partial charge in [-0.25, -0.2) is 0 Å². The number of fused-ring (bicyclic) bond motifs is 2. The minimum absolute atomic E-state index is 0.0921. The van der Waals surface area contributed by atoms with Gasteiger partial charge in [0.1, 0.15) is 5.78 Å². The number of benzene rings is 1. The molecule has 126 valence electrons. The minimum atomic E-state index is -4.33. The molecule has 0 spiro atoms. The number of aryl methyl sites for hydroxylation is 1. The highest BCUT2D eigenvalue weighted by Crippen LogP contribution is 2.38. The minimum Gasteiger partial charge on any atom is -0.300 e. The molecular formula is C18H22F3NO. The fraction of sp³-hybridized carbons (Fsp3) is 0.611. The van der Waals surface area contributed by atoms with Crippen LogP contribution in [-0.4, -0.2) is 29.8 Å². The lowest BCUT2D eigenvalue weighted by molar-refractivity contribution is -0.137. The quantitative estimate of drug-likeness (QED) is 0.831. The fourth-order valence-corrected chi connectivity index (χ4v) is 4.05. The van der Waals surface area contributed by atoms with Crippen molar-refractivity contribution in [2.24, 2.45) is 5.92 Å². The van der Waals surface area contributed by atoms with E-state index in [0.717, 1.165) is 25.0 Å². The summed E-state index contributed by atoms with van der Waals surface area (Å²) in [5.74, 6) is 0.307. The van der Waals surface area contributed by atoms with E-state index in [4.69, 9.17) is 0 Å². The van der Waals surface area contributed by atoms with Crippen molar-refractivity contribution in [2.75, 3.05) is 7.05 Å². The summed E-state index contributed by atoms with van der Waals surface area (Å²) in [6, 6.07) is 6.33. The molecule has 3 rings (SSSR count). The zero-order chi connectivity index (χ0) is 16.6. The second-order valence-corrected chi connectivity index (χ2v) is 6.88. The molecule has 1 aromatic carbocycles. The van der Waals surface area contributed by atoms with Gasteiger partial charge in [-0.2, -0.15) is 13.2 Å². The Labute approximate surface area is 134 Å². The molecule has 0 radical (unpaired) electrons. The standard InChI is InChI=1S/C18H22F3NO/c1-22-15-6-7-16(22)11-13(10-15)17(23)8-5-12-3-2-4-14(9-12)18(19,20)21/h2-4,9,13,15-16H,5-8,10-11H2,1H3. The van der Waals surface area contributed by atoms with Crippen molar-refractivity contribution in [2.45, 2.75) is 56.8 Å². The number of alkyl halides is 3. The largest absolute Gasteiger partial charge is 0.416 e. The number of piperidine rings is 1. The lowest BCUT2D eigenvalue weighted by atomic mass is 9.85. The molecule has 2 aliphatic rings. The van der Waals surface area contributed by atoms with Crippen molar-refractivity contribution < 1.29 is 18.0 Å². The van der Waals surface area contributed by atoms with Crippen LogP contribution < -0.4 is 0 Å². The summed E-state index contributed by atoms with van der Waals surface area (Å²) in [6.07, 6.45) is 0.562. The van der Waals surface area contributed by atoms with Gasteiger partial charge in [-0.1, -0.05) is 18.2 Å². The summed E-state index contributed by atoms with van der Waals surface area (Å²) in [4.78, 5) is 14.8. The molecule has 1 aromatic rings. The lowest BCUT2D eigenvalue weighted by Crippen LogP contribution is -2.42. The summed E-state index contributed by atoms with van der Waals surface area (Å²) in [7, 11) is 2.13. The van der Waals surface area contributed by atoms with Crippen LogP contribution in [0.25, 0.3) is 0 Å². The van der Waals surface area contributed by atoms with Crippen molar-refractivity contribution >= 4 is 5.78 Å². The third kappa shape index (κ3) is 3.60. The lowest BCUT2D eigenvalue weighted by Gasteiger charge is -2.35. The topological polar surface area (TPSA) is 20.3 Å². The predicted octanol–water partition coefficient (Wildman–Crippen LogP) is 4.08. The molecule has 2 fully saturated rings. The molecule has 0 amide bonds. The van der Waals surface area contributed by atoms with Gasteiger partial charge in [0.25, 0.3) is 0 Å². The number of hydrogen-bond donors (Lipinski definition) is 0. The Kier molecular flexibility index (Phi) is 4.50. The maximum absolute atomic E-state index is 12.7. The first-order valence-corrected chi connectivity index (χ1v) is 8.25. The zero-order valence-electron chi connectivity index (χ0n) is 13.3. The number of ketones is 1. The van der Waals surface area contributed by atoms with E-state index >= 15 is 0 Å². The van der Waals surface area contributed by atoms with E-state index in [9.17, 15) is 18.0 Å². The average molecular weight is 325 g/mol. The molecule has 0 aliphatic carbocycles. The number of hydrogen-bond acceptors (Lipinski definition) is 2.